The number of hydrogen-bond acceptors (Lipinski definition) is 3. The lowest BCUT2D eigenvalue weighted by atomic mass is 9.67. The van der Waals surface area contributed by atoms with Gasteiger partial charge in [0.2, 0.25) is 0 Å². The fourth-order valence-electron chi connectivity index (χ4n) is 2.39. The van der Waals surface area contributed by atoms with Crippen molar-refractivity contribution in [3.8, 4) is 0 Å². The zero-order valence-corrected chi connectivity index (χ0v) is 11.4. The second kappa shape index (κ2) is 5.56. The van der Waals surface area contributed by atoms with Gasteiger partial charge in [-0.3, -0.25) is 0 Å². The molecule has 1 rings (SSSR count). The average molecular weight is 240 g/mol. The first-order valence-electron chi connectivity index (χ1n) is 6.37. The SMILES string of the molecule is C=C(C)OC(=O)OC1CCCC(C)(C(C)C)C1. The quantitative estimate of drug-likeness (QED) is 0.545. The Morgan fingerprint density at radius 3 is 2.65 bits per heavy atom. The van der Waals surface area contributed by atoms with Crippen LogP contribution in [-0.4, -0.2) is 12.3 Å². The van der Waals surface area contributed by atoms with Crippen molar-refractivity contribution >= 4 is 6.16 Å². The number of hydrogen-bond donors (Lipinski definition) is 0. The topological polar surface area (TPSA) is 35.5 Å². The van der Waals surface area contributed by atoms with Gasteiger partial charge in [0.05, 0.1) is 0 Å². The Bertz CT molecular complexity index is 296. The van der Waals surface area contributed by atoms with Crippen LogP contribution in [0.4, 0.5) is 4.79 Å². The highest BCUT2D eigenvalue weighted by Gasteiger charge is 2.36. The van der Waals surface area contributed by atoms with E-state index in [0.717, 1.165) is 19.3 Å². The molecular weight excluding hydrogens is 216 g/mol. The van der Waals surface area contributed by atoms with Crippen molar-refractivity contribution in [2.24, 2.45) is 11.3 Å². The van der Waals surface area contributed by atoms with E-state index >= 15 is 0 Å². The van der Waals surface area contributed by atoms with Crippen LogP contribution in [0.5, 0.6) is 0 Å². The van der Waals surface area contributed by atoms with Crippen LogP contribution in [0.25, 0.3) is 0 Å². The van der Waals surface area contributed by atoms with Gasteiger partial charge in [-0.05, 0) is 43.9 Å². The van der Waals surface area contributed by atoms with Gasteiger partial charge in [-0.2, -0.15) is 0 Å². The largest absolute Gasteiger partial charge is 0.513 e. The third-order valence-electron chi connectivity index (χ3n) is 3.88. The molecule has 0 saturated heterocycles. The molecule has 2 atom stereocenters. The minimum atomic E-state index is -0.615. The zero-order valence-electron chi connectivity index (χ0n) is 11.4. The molecule has 0 aromatic carbocycles. The summed E-state index contributed by atoms with van der Waals surface area (Å²) in [5.74, 6) is 0.975. The Kier molecular flexibility index (Phi) is 4.61. The molecule has 0 N–H and O–H groups in total. The van der Waals surface area contributed by atoms with E-state index in [2.05, 4.69) is 27.4 Å². The van der Waals surface area contributed by atoms with Crippen LogP contribution in [0.3, 0.4) is 0 Å². The Hall–Kier alpha value is -0.990. The molecule has 0 spiro atoms. The molecular formula is C14H24O3. The molecule has 0 aliphatic heterocycles. The van der Waals surface area contributed by atoms with Gasteiger partial charge >= 0.3 is 6.16 Å². The highest BCUT2D eigenvalue weighted by Crippen LogP contribution is 2.42. The van der Waals surface area contributed by atoms with Gasteiger partial charge < -0.3 is 9.47 Å². The fraction of sp³-hybridized carbons (Fsp3) is 0.786. The molecule has 1 fully saturated rings. The van der Waals surface area contributed by atoms with Crippen LogP contribution in [-0.2, 0) is 9.47 Å². The molecule has 0 radical (unpaired) electrons. The standard InChI is InChI=1S/C14H24O3/c1-10(2)14(5)8-6-7-12(9-14)17-13(15)16-11(3)4/h10,12H,3,6-9H2,1-2,4-5H3. The highest BCUT2D eigenvalue weighted by molar-refractivity contribution is 5.61. The monoisotopic (exact) mass is 240 g/mol. The van der Waals surface area contributed by atoms with Crippen LogP contribution < -0.4 is 0 Å². The van der Waals surface area contributed by atoms with E-state index in [-0.39, 0.29) is 11.5 Å². The van der Waals surface area contributed by atoms with Crippen molar-refractivity contribution in [1.29, 1.82) is 0 Å². The summed E-state index contributed by atoms with van der Waals surface area (Å²) in [5.41, 5.74) is 0.270. The van der Waals surface area contributed by atoms with Crippen molar-refractivity contribution in [2.45, 2.75) is 59.5 Å². The Morgan fingerprint density at radius 1 is 1.47 bits per heavy atom. The molecule has 17 heavy (non-hydrogen) atoms. The maximum absolute atomic E-state index is 11.4. The third kappa shape index (κ3) is 4.06. The van der Waals surface area contributed by atoms with Gasteiger partial charge in [0.1, 0.15) is 11.9 Å². The number of carbonyl (C=O) groups is 1. The molecule has 0 heterocycles. The van der Waals surface area contributed by atoms with E-state index in [1.807, 2.05) is 0 Å². The average Bonchev–Trinajstić information content (AvgIpc) is 2.15. The van der Waals surface area contributed by atoms with E-state index < -0.39 is 6.16 Å². The first-order valence-corrected chi connectivity index (χ1v) is 6.37. The van der Waals surface area contributed by atoms with Gasteiger partial charge in [-0.15, -0.1) is 0 Å². The van der Waals surface area contributed by atoms with Crippen molar-refractivity contribution < 1.29 is 14.3 Å². The summed E-state index contributed by atoms with van der Waals surface area (Å²) >= 11 is 0. The van der Waals surface area contributed by atoms with Crippen molar-refractivity contribution in [2.75, 3.05) is 0 Å². The Morgan fingerprint density at radius 2 is 2.12 bits per heavy atom. The van der Waals surface area contributed by atoms with Crippen molar-refractivity contribution in [1.82, 2.24) is 0 Å². The molecule has 1 aliphatic rings. The predicted octanol–water partition coefficient (Wildman–Crippen LogP) is 4.28. The number of rotatable bonds is 3. The smallest absolute Gasteiger partial charge is 0.431 e. The minimum absolute atomic E-state index is 0.0111. The van der Waals surface area contributed by atoms with Crippen LogP contribution >= 0.6 is 0 Å². The third-order valence-corrected chi connectivity index (χ3v) is 3.88. The van der Waals surface area contributed by atoms with E-state index in [4.69, 9.17) is 9.47 Å². The summed E-state index contributed by atoms with van der Waals surface area (Å²) in [6, 6.07) is 0. The van der Waals surface area contributed by atoms with Gasteiger partial charge in [-0.1, -0.05) is 27.4 Å². The lowest BCUT2D eigenvalue weighted by Gasteiger charge is -2.40. The summed E-state index contributed by atoms with van der Waals surface area (Å²) in [6.07, 6.45) is 3.56. The van der Waals surface area contributed by atoms with Crippen molar-refractivity contribution in [3.05, 3.63) is 12.3 Å². The first-order chi connectivity index (χ1) is 7.83. The van der Waals surface area contributed by atoms with Crippen LogP contribution in [0, 0.1) is 11.3 Å². The summed E-state index contributed by atoms with van der Waals surface area (Å²) in [4.78, 5) is 11.4. The van der Waals surface area contributed by atoms with E-state index in [1.54, 1.807) is 6.92 Å². The summed E-state index contributed by atoms with van der Waals surface area (Å²) in [7, 11) is 0. The van der Waals surface area contributed by atoms with Crippen LogP contribution in [0.2, 0.25) is 0 Å². The molecule has 1 saturated carbocycles. The maximum atomic E-state index is 11.4. The lowest BCUT2D eigenvalue weighted by Crippen LogP contribution is -2.35. The normalized spacial score (nSPS) is 28.9. The molecule has 1 aliphatic carbocycles. The molecule has 0 aromatic rings. The number of ether oxygens (including phenoxy) is 2. The van der Waals surface area contributed by atoms with E-state index in [9.17, 15) is 4.79 Å². The Labute approximate surface area is 104 Å². The summed E-state index contributed by atoms with van der Waals surface area (Å²) in [6.45, 7) is 11.9. The molecule has 3 heteroatoms. The van der Waals surface area contributed by atoms with Gasteiger partial charge in [0, 0.05) is 0 Å². The van der Waals surface area contributed by atoms with Gasteiger partial charge in [0.15, 0.2) is 0 Å². The maximum Gasteiger partial charge on any atom is 0.513 e. The molecule has 3 nitrogen and oxygen atoms in total. The van der Waals surface area contributed by atoms with Gasteiger partial charge in [-0.25, -0.2) is 4.79 Å². The second-order valence-corrected chi connectivity index (χ2v) is 5.70. The fourth-order valence-corrected chi connectivity index (χ4v) is 2.39. The molecule has 2 unspecified atom stereocenters. The van der Waals surface area contributed by atoms with E-state index in [1.165, 1.54) is 6.42 Å². The lowest BCUT2D eigenvalue weighted by molar-refractivity contribution is -0.0135. The molecule has 0 amide bonds. The number of allylic oxidation sites excluding steroid dienone is 1. The van der Waals surface area contributed by atoms with E-state index in [0.29, 0.717) is 11.7 Å². The minimum Gasteiger partial charge on any atom is -0.431 e. The van der Waals surface area contributed by atoms with Gasteiger partial charge in [0.25, 0.3) is 0 Å². The van der Waals surface area contributed by atoms with Crippen molar-refractivity contribution in [3.63, 3.8) is 0 Å². The second-order valence-electron chi connectivity index (χ2n) is 5.70. The van der Waals surface area contributed by atoms with Crippen LogP contribution in [0.15, 0.2) is 12.3 Å². The highest BCUT2D eigenvalue weighted by atomic mass is 16.7. The Balaban J connectivity index is 2.50. The summed E-state index contributed by atoms with van der Waals surface area (Å²) < 4.78 is 10.2. The summed E-state index contributed by atoms with van der Waals surface area (Å²) in [5, 5.41) is 0. The number of carbonyl (C=O) groups excluding carboxylic acids is 1. The first kappa shape index (κ1) is 14.1. The predicted molar refractivity (Wildman–Crippen MR) is 67.6 cm³/mol. The molecule has 98 valence electrons. The molecule has 0 bridgehead atoms. The molecule has 0 aromatic heterocycles. The van der Waals surface area contributed by atoms with Crippen LogP contribution in [0.1, 0.15) is 53.4 Å². The zero-order chi connectivity index (χ0) is 13.1.